The minimum Gasteiger partial charge on any atom is -0.258 e. The standard InChI is InChI=1S/C14H16N2O2/c1-8-4-5-11-9(2)10(3)12(6-7-15)13(11)14(8)16(17)18/h4-5,9-10,12H,6H2,1-3H3. The van der Waals surface area contributed by atoms with Crippen LogP contribution in [0.4, 0.5) is 5.69 Å². The first-order valence-corrected chi connectivity index (χ1v) is 6.13. The maximum Gasteiger partial charge on any atom is 0.276 e. The van der Waals surface area contributed by atoms with Gasteiger partial charge in [0.1, 0.15) is 0 Å². The van der Waals surface area contributed by atoms with Crippen LogP contribution in [0.1, 0.15) is 48.8 Å². The number of hydrogen-bond acceptors (Lipinski definition) is 3. The zero-order chi connectivity index (χ0) is 13.4. The zero-order valence-corrected chi connectivity index (χ0v) is 10.8. The molecule has 0 bridgehead atoms. The molecular formula is C14H16N2O2. The van der Waals surface area contributed by atoms with Gasteiger partial charge in [0, 0.05) is 23.5 Å². The summed E-state index contributed by atoms with van der Waals surface area (Å²) in [7, 11) is 0. The summed E-state index contributed by atoms with van der Waals surface area (Å²) in [6.07, 6.45) is 0.350. The van der Waals surface area contributed by atoms with E-state index < -0.39 is 0 Å². The van der Waals surface area contributed by atoms with Crippen LogP contribution in [0.2, 0.25) is 0 Å². The summed E-state index contributed by atoms with van der Waals surface area (Å²) in [5.74, 6) is 0.540. The molecule has 1 aliphatic carbocycles. The van der Waals surface area contributed by atoms with E-state index in [9.17, 15) is 10.1 Å². The van der Waals surface area contributed by atoms with Crippen LogP contribution in [0, 0.1) is 34.3 Å². The molecule has 3 unspecified atom stereocenters. The van der Waals surface area contributed by atoms with E-state index in [0.29, 0.717) is 12.0 Å². The lowest BCUT2D eigenvalue weighted by Gasteiger charge is -2.15. The Labute approximate surface area is 106 Å². The lowest BCUT2D eigenvalue weighted by atomic mass is 9.87. The van der Waals surface area contributed by atoms with Crippen molar-refractivity contribution in [2.45, 2.75) is 39.0 Å². The summed E-state index contributed by atoms with van der Waals surface area (Å²) in [5, 5.41) is 20.2. The van der Waals surface area contributed by atoms with Crippen LogP contribution < -0.4 is 0 Å². The fraction of sp³-hybridized carbons (Fsp3) is 0.500. The third-order valence-corrected chi connectivity index (χ3v) is 4.23. The van der Waals surface area contributed by atoms with Crippen LogP contribution in [0.3, 0.4) is 0 Å². The Kier molecular flexibility index (Phi) is 3.08. The van der Waals surface area contributed by atoms with Gasteiger partial charge >= 0.3 is 0 Å². The van der Waals surface area contributed by atoms with Crippen LogP contribution in [0.15, 0.2) is 12.1 Å². The molecule has 0 amide bonds. The Morgan fingerprint density at radius 2 is 2.11 bits per heavy atom. The molecule has 0 fully saturated rings. The Bertz CT molecular complexity index is 545. The van der Waals surface area contributed by atoms with Gasteiger partial charge in [0.25, 0.3) is 5.69 Å². The molecule has 1 aromatic carbocycles. The van der Waals surface area contributed by atoms with Crippen molar-refractivity contribution in [1.29, 1.82) is 5.26 Å². The topological polar surface area (TPSA) is 66.9 Å². The molecule has 18 heavy (non-hydrogen) atoms. The van der Waals surface area contributed by atoms with E-state index in [1.807, 2.05) is 12.1 Å². The predicted octanol–water partition coefficient (Wildman–Crippen LogP) is 3.65. The van der Waals surface area contributed by atoms with E-state index in [1.54, 1.807) is 6.92 Å². The molecule has 0 radical (unpaired) electrons. The minimum atomic E-state index is -0.302. The third kappa shape index (κ3) is 1.67. The molecule has 0 aromatic heterocycles. The van der Waals surface area contributed by atoms with Gasteiger partial charge in [-0.1, -0.05) is 26.0 Å². The maximum absolute atomic E-state index is 11.3. The van der Waals surface area contributed by atoms with Crippen molar-refractivity contribution >= 4 is 5.69 Å². The lowest BCUT2D eigenvalue weighted by molar-refractivity contribution is -0.386. The molecule has 0 aliphatic heterocycles. The molecular weight excluding hydrogens is 228 g/mol. The van der Waals surface area contributed by atoms with E-state index in [1.165, 1.54) is 0 Å². The number of benzene rings is 1. The van der Waals surface area contributed by atoms with Gasteiger partial charge in [-0.05, 0) is 24.3 Å². The second-order valence-corrected chi connectivity index (χ2v) is 5.11. The average molecular weight is 244 g/mol. The van der Waals surface area contributed by atoms with Crippen molar-refractivity contribution in [3.63, 3.8) is 0 Å². The second-order valence-electron chi connectivity index (χ2n) is 5.11. The van der Waals surface area contributed by atoms with E-state index >= 15 is 0 Å². The first-order chi connectivity index (χ1) is 8.49. The molecule has 0 heterocycles. The molecule has 94 valence electrons. The van der Waals surface area contributed by atoms with Gasteiger partial charge in [-0.2, -0.15) is 5.26 Å². The minimum absolute atomic E-state index is 0.0136. The smallest absolute Gasteiger partial charge is 0.258 e. The van der Waals surface area contributed by atoms with Gasteiger partial charge in [0.05, 0.1) is 11.0 Å². The number of rotatable bonds is 2. The van der Waals surface area contributed by atoms with Crippen molar-refractivity contribution < 1.29 is 4.92 Å². The van der Waals surface area contributed by atoms with Crippen molar-refractivity contribution in [2.75, 3.05) is 0 Å². The van der Waals surface area contributed by atoms with Crippen LogP contribution in [0.25, 0.3) is 0 Å². The Hall–Kier alpha value is -1.89. The summed E-state index contributed by atoms with van der Waals surface area (Å²) >= 11 is 0. The number of nitro benzene ring substituents is 1. The Balaban J connectivity index is 2.68. The highest BCUT2D eigenvalue weighted by Gasteiger charge is 2.40. The molecule has 0 saturated heterocycles. The van der Waals surface area contributed by atoms with Gasteiger partial charge in [0.15, 0.2) is 0 Å². The van der Waals surface area contributed by atoms with Crippen molar-refractivity contribution in [3.8, 4) is 6.07 Å². The van der Waals surface area contributed by atoms with Crippen molar-refractivity contribution in [2.24, 2.45) is 5.92 Å². The van der Waals surface area contributed by atoms with Gasteiger partial charge in [-0.3, -0.25) is 10.1 Å². The van der Waals surface area contributed by atoms with Crippen LogP contribution in [-0.2, 0) is 0 Å². The van der Waals surface area contributed by atoms with E-state index in [0.717, 1.165) is 11.1 Å². The summed E-state index contributed by atoms with van der Waals surface area (Å²) in [6, 6.07) is 5.96. The van der Waals surface area contributed by atoms with Crippen LogP contribution in [0.5, 0.6) is 0 Å². The molecule has 3 atom stereocenters. The number of aryl methyl sites for hydroxylation is 1. The molecule has 4 heteroatoms. The summed E-state index contributed by atoms with van der Waals surface area (Å²) in [6.45, 7) is 5.92. The fourth-order valence-corrected chi connectivity index (χ4v) is 3.04. The molecule has 0 saturated carbocycles. The second kappa shape index (κ2) is 4.41. The molecule has 0 spiro atoms. The number of nitro groups is 1. The molecule has 1 aromatic rings. The van der Waals surface area contributed by atoms with Gasteiger partial charge < -0.3 is 0 Å². The summed E-state index contributed by atoms with van der Waals surface area (Å²) < 4.78 is 0. The van der Waals surface area contributed by atoms with E-state index in [-0.39, 0.29) is 28.4 Å². The molecule has 1 aliphatic rings. The predicted molar refractivity (Wildman–Crippen MR) is 68.4 cm³/mol. The first kappa shape index (κ1) is 12.6. The van der Waals surface area contributed by atoms with Gasteiger partial charge in [0.2, 0.25) is 0 Å². The summed E-state index contributed by atoms with van der Waals surface area (Å²) in [4.78, 5) is 11.0. The average Bonchev–Trinajstić information content (AvgIpc) is 2.54. The van der Waals surface area contributed by atoms with Crippen molar-refractivity contribution in [3.05, 3.63) is 38.9 Å². The Morgan fingerprint density at radius 3 is 2.67 bits per heavy atom. The van der Waals surface area contributed by atoms with E-state index in [4.69, 9.17) is 5.26 Å². The molecule has 4 nitrogen and oxygen atoms in total. The van der Waals surface area contributed by atoms with Gasteiger partial charge in [-0.15, -0.1) is 0 Å². The molecule has 0 N–H and O–H groups in total. The maximum atomic E-state index is 11.3. The highest BCUT2D eigenvalue weighted by molar-refractivity contribution is 5.57. The number of nitrogens with zero attached hydrogens (tertiary/aromatic N) is 2. The third-order valence-electron chi connectivity index (χ3n) is 4.23. The number of nitriles is 1. The quantitative estimate of drug-likeness (QED) is 0.589. The summed E-state index contributed by atoms with van der Waals surface area (Å²) in [5.41, 5.74) is 2.73. The Morgan fingerprint density at radius 1 is 1.44 bits per heavy atom. The first-order valence-electron chi connectivity index (χ1n) is 6.13. The number of hydrogen-bond donors (Lipinski definition) is 0. The number of fused-ring (bicyclic) bond motifs is 1. The largest absolute Gasteiger partial charge is 0.276 e. The van der Waals surface area contributed by atoms with Crippen molar-refractivity contribution in [1.82, 2.24) is 0 Å². The SMILES string of the molecule is Cc1ccc2c(c1[N+](=O)[O-])C(CC#N)C(C)C2C. The van der Waals surface area contributed by atoms with E-state index in [2.05, 4.69) is 19.9 Å². The highest BCUT2D eigenvalue weighted by Crippen LogP contribution is 2.51. The van der Waals surface area contributed by atoms with Gasteiger partial charge in [-0.25, -0.2) is 0 Å². The van der Waals surface area contributed by atoms with Crippen LogP contribution >= 0.6 is 0 Å². The van der Waals surface area contributed by atoms with Crippen LogP contribution in [-0.4, -0.2) is 4.92 Å². The highest BCUT2D eigenvalue weighted by atomic mass is 16.6. The normalized spacial score (nSPS) is 25.6. The lowest BCUT2D eigenvalue weighted by Crippen LogP contribution is -2.07. The monoisotopic (exact) mass is 244 g/mol. The fourth-order valence-electron chi connectivity index (χ4n) is 3.04. The zero-order valence-electron chi connectivity index (χ0n) is 10.8. The molecule has 2 rings (SSSR count).